The average Bonchev–Trinajstić information content (AvgIpc) is 2.79. The summed E-state index contributed by atoms with van der Waals surface area (Å²) in [6.45, 7) is 2.18. The molecule has 1 N–H and O–H groups in total. The van der Waals surface area contributed by atoms with Gasteiger partial charge in [-0.25, -0.2) is 4.98 Å². The smallest absolute Gasteiger partial charge is 0.254 e. The van der Waals surface area contributed by atoms with E-state index in [0.717, 1.165) is 30.5 Å². The SMILES string of the molecule is CSc1nc2c(c(=O)[nH]1)CCC1(C=C(C)c3ccccc31)C2. The van der Waals surface area contributed by atoms with Crippen molar-refractivity contribution >= 4 is 17.3 Å². The highest BCUT2D eigenvalue weighted by Crippen LogP contribution is 2.47. The van der Waals surface area contributed by atoms with E-state index < -0.39 is 0 Å². The first-order chi connectivity index (χ1) is 10.6. The molecule has 4 heteroatoms. The summed E-state index contributed by atoms with van der Waals surface area (Å²) in [5, 5.41) is 0.716. The number of nitrogens with one attached hydrogen (secondary N) is 1. The molecule has 0 saturated carbocycles. The van der Waals surface area contributed by atoms with Crippen LogP contribution in [0.5, 0.6) is 0 Å². The highest BCUT2D eigenvalue weighted by molar-refractivity contribution is 7.98. The Labute approximate surface area is 133 Å². The van der Waals surface area contributed by atoms with Crippen LogP contribution in [0.3, 0.4) is 0 Å². The first-order valence-corrected chi connectivity index (χ1v) is 8.81. The number of aromatic amines is 1. The summed E-state index contributed by atoms with van der Waals surface area (Å²) < 4.78 is 0. The molecule has 112 valence electrons. The molecule has 22 heavy (non-hydrogen) atoms. The van der Waals surface area contributed by atoms with Gasteiger partial charge in [0, 0.05) is 17.4 Å². The van der Waals surface area contributed by atoms with Crippen LogP contribution in [0, 0.1) is 0 Å². The molecule has 0 radical (unpaired) electrons. The molecule has 1 atom stereocenters. The van der Waals surface area contributed by atoms with Crippen LogP contribution >= 0.6 is 11.8 Å². The second kappa shape index (κ2) is 4.85. The van der Waals surface area contributed by atoms with Crippen LogP contribution in [-0.4, -0.2) is 16.2 Å². The van der Waals surface area contributed by atoms with E-state index in [0.29, 0.717) is 5.16 Å². The summed E-state index contributed by atoms with van der Waals surface area (Å²) in [4.78, 5) is 19.8. The Hall–Kier alpha value is -1.81. The summed E-state index contributed by atoms with van der Waals surface area (Å²) in [5.74, 6) is 0. The molecular formula is C18H18N2OS. The molecule has 1 unspecified atom stereocenters. The molecule has 2 aliphatic carbocycles. The van der Waals surface area contributed by atoms with Gasteiger partial charge in [0.1, 0.15) is 0 Å². The number of thioether (sulfide) groups is 1. The quantitative estimate of drug-likeness (QED) is 0.649. The van der Waals surface area contributed by atoms with Crippen molar-refractivity contribution in [3.05, 3.63) is 63.1 Å². The zero-order chi connectivity index (χ0) is 15.3. The number of H-pyrrole nitrogens is 1. The van der Waals surface area contributed by atoms with Gasteiger partial charge in [0.05, 0.1) is 5.69 Å². The standard InChI is InChI=1S/C18H18N2OS/c1-11-9-18(14-6-4-3-5-12(11)14)8-7-13-15(10-18)19-17(22-2)20-16(13)21/h3-6,9H,7-8,10H2,1-2H3,(H,19,20,21). The van der Waals surface area contributed by atoms with Crippen LogP contribution < -0.4 is 5.56 Å². The molecule has 0 amide bonds. The number of aromatic nitrogens is 2. The molecular weight excluding hydrogens is 292 g/mol. The molecule has 2 aliphatic rings. The van der Waals surface area contributed by atoms with Crippen LogP contribution in [0.4, 0.5) is 0 Å². The van der Waals surface area contributed by atoms with Gasteiger partial charge in [-0.15, -0.1) is 0 Å². The average molecular weight is 310 g/mol. The van der Waals surface area contributed by atoms with E-state index in [9.17, 15) is 4.79 Å². The molecule has 1 heterocycles. The van der Waals surface area contributed by atoms with Crippen LogP contribution in [0.25, 0.3) is 5.57 Å². The second-order valence-corrected chi connectivity index (χ2v) is 7.00. The Morgan fingerprint density at radius 2 is 2.14 bits per heavy atom. The molecule has 1 aromatic heterocycles. The Bertz CT molecular complexity index is 852. The number of benzene rings is 1. The van der Waals surface area contributed by atoms with Gasteiger partial charge in [-0.05, 0) is 42.7 Å². The van der Waals surface area contributed by atoms with Crippen LogP contribution in [-0.2, 0) is 18.3 Å². The third kappa shape index (κ3) is 1.90. The maximum atomic E-state index is 12.2. The van der Waals surface area contributed by atoms with Gasteiger partial charge in [0.2, 0.25) is 0 Å². The predicted molar refractivity (Wildman–Crippen MR) is 90.4 cm³/mol. The minimum Gasteiger partial charge on any atom is -0.301 e. The van der Waals surface area contributed by atoms with Gasteiger partial charge in [0.25, 0.3) is 5.56 Å². The van der Waals surface area contributed by atoms with Crippen LogP contribution in [0.15, 0.2) is 40.3 Å². The minimum absolute atomic E-state index is 0.0180. The largest absolute Gasteiger partial charge is 0.301 e. The lowest BCUT2D eigenvalue weighted by Gasteiger charge is -2.33. The number of hydrogen-bond donors (Lipinski definition) is 1. The highest BCUT2D eigenvalue weighted by Gasteiger charge is 2.40. The number of nitrogens with zero attached hydrogens (tertiary/aromatic N) is 1. The van der Waals surface area contributed by atoms with Crippen molar-refractivity contribution in [2.75, 3.05) is 6.26 Å². The molecule has 0 bridgehead atoms. The monoisotopic (exact) mass is 310 g/mol. The van der Waals surface area contributed by atoms with E-state index in [2.05, 4.69) is 47.2 Å². The fraction of sp³-hybridized carbons (Fsp3) is 0.333. The number of allylic oxidation sites excluding steroid dienone is 2. The molecule has 4 rings (SSSR count). The van der Waals surface area contributed by atoms with Gasteiger partial charge < -0.3 is 4.98 Å². The second-order valence-electron chi connectivity index (χ2n) is 6.21. The van der Waals surface area contributed by atoms with E-state index in [4.69, 9.17) is 0 Å². The third-order valence-corrected chi connectivity index (χ3v) is 5.54. The van der Waals surface area contributed by atoms with Crippen molar-refractivity contribution in [2.24, 2.45) is 0 Å². The van der Waals surface area contributed by atoms with E-state index in [1.165, 1.54) is 28.5 Å². The lowest BCUT2D eigenvalue weighted by molar-refractivity contribution is 0.452. The maximum absolute atomic E-state index is 12.2. The molecule has 0 saturated heterocycles. The third-order valence-electron chi connectivity index (χ3n) is 4.96. The Kier molecular flexibility index (Phi) is 3.05. The van der Waals surface area contributed by atoms with Crippen molar-refractivity contribution in [3.63, 3.8) is 0 Å². The fourth-order valence-electron chi connectivity index (χ4n) is 3.94. The van der Waals surface area contributed by atoms with Gasteiger partial charge in [-0.2, -0.15) is 0 Å². The van der Waals surface area contributed by atoms with Crippen molar-refractivity contribution in [1.29, 1.82) is 0 Å². The first-order valence-electron chi connectivity index (χ1n) is 7.58. The summed E-state index contributed by atoms with van der Waals surface area (Å²) in [7, 11) is 0. The minimum atomic E-state index is 0.0180. The Balaban J connectivity index is 1.86. The summed E-state index contributed by atoms with van der Waals surface area (Å²) >= 11 is 1.49. The molecule has 1 aromatic carbocycles. The van der Waals surface area contributed by atoms with Crippen LogP contribution in [0.1, 0.15) is 35.7 Å². The summed E-state index contributed by atoms with van der Waals surface area (Å²) in [6.07, 6.45) is 6.94. The number of rotatable bonds is 1. The van der Waals surface area contributed by atoms with Gasteiger partial charge in [-0.3, -0.25) is 4.79 Å². The van der Waals surface area contributed by atoms with Gasteiger partial charge in [-0.1, -0.05) is 42.1 Å². The molecule has 0 aliphatic heterocycles. The zero-order valence-electron chi connectivity index (χ0n) is 12.8. The maximum Gasteiger partial charge on any atom is 0.254 e. The Morgan fingerprint density at radius 1 is 1.32 bits per heavy atom. The summed E-state index contributed by atoms with van der Waals surface area (Å²) in [5.41, 5.74) is 5.99. The summed E-state index contributed by atoms with van der Waals surface area (Å²) in [6, 6.07) is 8.64. The topological polar surface area (TPSA) is 45.8 Å². The van der Waals surface area contributed by atoms with Crippen LogP contribution in [0.2, 0.25) is 0 Å². The fourth-order valence-corrected chi connectivity index (χ4v) is 4.34. The van der Waals surface area contributed by atoms with Crippen molar-refractivity contribution in [3.8, 4) is 0 Å². The lowest BCUT2D eigenvalue weighted by atomic mass is 9.70. The number of fused-ring (bicyclic) bond motifs is 3. The highest BCUT2D eigenvalue weighted by atomic mass is 32.2. The molecule has 1 spiro atoms. The lowest BCUT2D eigenvalue weighted by Crippen LogP contribution is -2.34. The van der Waals surface area contributed by atoms with Gasteiger partial charge >= 0.3 is 0 Å². The van der Waals surface area contributed by atoms with Crippen molar-refractivity contribution in [2.45, 2.75) is 36.8 Å². The van der Waals surface area contributed by atoms with Crippen molar-refractivity contribution < 1.29 is 0 Å². The zero-order valence-corrected chi connectivity index (χ0v) is 13.6. The number of hydrogen-bond acceptors (Lipinski definition) is 3. The predicted octanol–water partition coefficient (Wildman–Crippen LogP) is 3.34. The molecule has 3 nitrogen and oxygen atoms in total. The van der Waals surface area contributed by atoms with E-state index in [1.54, 1.807) is 0 Å². The normalized spacial score (nSPS) is 22.4. The molecule has 0 fully saturated rings. The van der Waals surface area contributed by atoms with E-state index >= 15 is 0 Å². The van der Waals surface area contributed by atoms with Crippen molar-refractivity contribution in [1.82, 2.24) is 9.97 Å². The Morgan fingerprint density at radius 3 is 2.95 bits per heavy atom. The van der Waals surface area contributed by atoms with E-state index in [1.807, 2.05) is 6.26 Å². The first kappa shape index (κ1) is 13.8. The molecule has 2 aromatic rings. The van der Waals surface area contributed by atoms with Gasteiger partial charge in [0.15, 0.2) is 5.16 Å². The van der Waals surface area contributed by atoms with E-state index in [-0.39, 0.29) is 11.0 Å².